The van der Waals surface area contributed by atoms with E-state index in [1.807, 2.05) is 32.0 Å². The molecular formula is C19H19N3O3. The number of nitrogens with one attached hydrogen (secondary N) is 2. The summed E-state index contributed by atoms with van der Waals surface area (Å²) in [6.07, 6.45) is 0.643. The van der Waals surface area contributed by atoms with E-state index in [0.717, 1.165) is 22.2 Å². The molecule has 128 valence electrons. The van der Waals surface area contributed by atoms with Gasteiger partial charge in [-0.15, -0.1) is 0 Å². The van der Waals surface area contributed by atoms with Crippen molar-refractivity contribution in [3.05, 3.63) is 59.4 Å². The molecule has 25 heavy (non-hydrogen) atoms. The monoisotopic (exact) mass is 337 g/mol. The first-order valence-corrected chi connectivity index (χ1v) is 7.97. The number of carbonyl (C=O) groups excluding carboxylic acids is 2. The van der Waals surface area contributed by atoms with Crippen LogP contribution in [-0.2, 0) is 9.53 Å². The van der Waals surface area contributed by atoms with Gasteiger partial charge in [0.05, 0.1) is 22.9 Å². The smallest absolute Gasteiger partial charge is 0.338 e. The molecule has 6 heteroatoms. The molecule has 1 unspecified atom stereocenters. The van der Waals surface area contributed by atoms with Gasteiger partial charge in [0.15, 0.2) is 6.10 Å². The summed E-state index contributed by atoms with van der Waals surface area (Å²) >= 11 is 0. The molecule has 0 fully saturated rings. The second-order valence-corrected chi connectivity index (χ2v) is 5.92. The summed E-state index contributed by atoms with van der Waals surface area (Å²) in [6, 6.07) is 10.7. The number of aromatic nitrogens is 2. The summed E-state index contributed by atoms with van der Waals surface area (Å²) in [7, 11) is 0. The molecule has 6 nitrogen and oxygen atoms in total. The van der Waals surface area contributed by atoms with Gasteiger partial charge in [-0.1, -0.05) is 12.1 Å². The number of imidazole rings is 1. The minimum atomic E-state index is -0.912. The lowest BCUT2D eigenvalue weighted by Gasteiger charge is -2.15. The number of amides is 1. The van der Waals surface area contributed by atoms with Gasteiger partial charge in [-0.25, -0.2) is 9.78 Å². The molecule has 1 aromatic heterocycles. The lowest BCUT2D eigenvalue weighted by Crippen LogP contribution is -2.30. The second kappa shape index (κ2) is 6.76. The van der Waals surface area contributed by atoms with Gasteiger partial charge in [0.2, 0.25) is 0 Å². The zero-order valence-corrected chi connectivity index (χ0v) is 14.3. The SMILES string of the molecule is Cc1cccc(NC(=O)C(C)OC(=O)c2ccc3nc[nH]c3c2)c1C. The Bertz CT molecular complexity index is 946. The number of hydrogen-bond donors (Lipinski definition) is 2. The van der Waals surface area contributed by atoms with Gasteiger partial charge in [-0.05, 0) is 56.2 Å². The highest BCUT2D eigenvalue weighted by molar-refractivity contribution is 5.98. The number of fused-ring (bicyclic) bond motifs is 1. The van der Waals surface area contributed by atoms with Crippen molar-refractivity contribution in [2.45, 2.75) is 26.9 Å². The lowest BCUT2D eigenvalue weighted by molar-refractivity contribution is -0.123. The van der Waals surface area contributed by atoms with Crippen LogP contribution in [0, 0.1) is 13.8 Å². The van der Waals surface area contributed by atoms with Crippen LogP contribution in [0.15, 0.2) is 42.7 Å². The number of nitrogens with zero attached hydrogens (tertiary/aromatic N) is 1. The highest BCUT2D eigenvalue weighted by Crippen LogP contribution is 2.19. The third kappa shape index (κ3) is 3.52. The minimum absolute atomic E-state index is 0.364. The third-order valence-electron chi connectivity index (χ3n) is 4.17. The molecule has 2 aromatic carbocycles. The third-order valence-corrected chi connectivity index (χ3v) is 4.17. The summed E-state index contributed by atoms with van der Waals surface area (Å²) in [4.78, 5) is 31.6. The average molecular weight is 337 g/mol. The largest absolute Gasteiger partial charge is 0.449 e. The van der Waals surface area contributed by atoms with Crippen LogP contribution >= 0.6 is 0 Å². The van der Waals surface area contributed by atoms with Crippen molar-refractivity contribution < 1.29 is 14.3 Å². The molecule has 0 saturated heterocycles. The molecule has 1 atom stereocenters. The Kier molecular flexibility index (Phi) is 4.52. The van der Waals surface area contributed by atoms with Crippen LogP contribution in [0.5, 0.6) is 0 Å². The van der Waals surface area contributed by atoms with Crippen LogP contribution in [0.1, 0.15) is 28.4 Å². The van der Waals surface area contributed by atoms with E-state index in [1.165, 1.54) is 0 Å². The van der Waals surface area contributed by atoms with Crippen LogP contribution in [0.4, 0.5) is 5.69 Å². The summed E-state index contributed by atoms with van der Waals surface area (Å²) < 4.78 is 5.28. The first-order valence-electron chi connectivity index (χ1n) is 7.97. The number of anilines is 1. The van der Waals surface area contributed by atoms with E-state index in [1.54, 1.807) is 31.5 Å². The fourth-order valence-corrected chi connectivity index (χ4v) is 2.47. The number of aromatic amines is 1. The molecular weight excluding hydrogens is 318 g/mol. The number of benzene rings is 2. The number of esters is 1. The highest BCUT2D eigenvalue weighted by atomic mass is 16.5. The van der Waals surface area contributed by atoms with Crippen molar-refractivity contribution >= 4 is 28.6 Å². The molecule has 0 radical (unpaired) electrons. The summed E-state index contributed by atoms with van der Waals surface area (Å²) in [6.45, 7) is 5.45. The van der Waals surface area contributed by atoms with E-state index in [4.69, 9.17) is 4.74 Å². The molecule has 0 aliphatic carbocycles. The zero-order chi connectivity index (χ0) is 18.0. The van der Waals surface area contributed by atoms with E-state index in [2.05, 4.69) is 15.3 Å². The maximum absolute atomic E-state index is 12.3. The Morgan fingerprint density at radius 2 is 2.00 bits per heavy atom. The van der Waals surface area contributed by atoms with Crippen LogP contribution in [0.25, 0.3) is 11.0 Å². The van der Waals surface area contributed by atoms with Crippen LogP contribution in [0.2, 0.25) is 0 Å². The van der Waals surface area contributed by atoms with Gasteiger partial charge >= 0.3 is 5.97 Å². The molecule has 1 heterocycles. The number of rotatable bonds is 4. The molecule has 0 spiro atoms. The molecule has 0 saturated carbocycles. The van der Waals surface area contributed by atoms with E-state index in [0.29, 0.717) is 11.3 Å². The predicted octanol–water partition coefficient (Wildman–Crippen LogP) is 3.36. The zero-order valence-electron chi connectivity index (χ0n) is 14.3. The molecule has 3 aromatic rings. The highest BCUT2D eigenvalue weighted by Gasteiger charge is 2.20. The molecule has 3 rings (SSSR count). The first-order chi connectivity index (χ1) is 12.0. The van der Waals surface area contributed by atoms with Crippen molar-refractivity contribution in [1.82, 2.24) is 9.97 Å². The lowest BCUT2D eigenvalue weighted by atomic mass is 10.1. The van der Waals surface area contributed by atoms with Crippen LogP contribution < -0.4 is 5.32 Å². The van der Waals surface area contributed by atoms with Gasteiger partial charge in [0.1, 0.15) is 0 Å². The molecule has 2 N–H and O–H groups in total. The summed E-state index contributed by atoms with van der Waals surface area (Å²) in [5.74, 6) is -0.926. The Morgan fingerprint density at radius 1 is 1.20 bits per heavy atom. The number of H-pyrrole nitrogens is 1. The fraction of sp³-hybridized carbons (Fsp3) is 0.211. The summed E-state index contributed by atoms with van der Waals surface area (Å²) in [5, 5.41) is 2.80. The Balaban J connectivity index is 1.68. The quantitative estimate of drug-likeness (QED) is 0.715. The number of carbonyl (C=O) groups is 2. The average Bonchev–Trinajstić information content (AvgIpc) is 3.06. The summed E-state index contributed by atoms with van der Waals surface area (Å²) in [5.41, 5.74) is 4.64. The maximum Gasteiger partial charge on any atom is 0.338 e. The number of ether oxygens (including phenoxy) is 1. The Hall–Kier alpha value is -3.15. The minimum Gasteiger partial charge on any atom is -0.449 e. The number of aryl methyl sites for hydroxylation is 1. The van der Waals surface area contributed by atoms with Crippen molar-refractivity contribution in [3.63, 3.8) is 0 Å². The van der Waals surface area contributed by atoms with Gasteiger partial charge in [-0.2, -0.15) is 0 Å². The fourth-order valence-electron chi connectivity index (χ4n) is 2.47. The maximum atomic E-state index is 12.3. The van der Waals surface area contributed by atoms with Gasteiger partial charge in [0.25, 0.3) is 5.91 Å². The van der Waals surface area contributed by atoms with Crippen LogP contribution in [0.3, 0.4) is 0 Å². The van der Waals surface area contributed by atoms with Crippen molar-refractivity contribution in [1.29, 1.82) is 0 Å². The van der Waals surface area contributed by atoms with Gasteiger partial charge in [-0.3, -0.25) is 4.79 Å². The van der Waals surface area contributed by atoms with Gasteiger partial charge < -0.3 is 15.0 Å². The Labute approximate surface area is 145 Å². The van der Waals surface area contributed by atoms with Crippen molar-refractivity contribution in [2.75, 3.05) is 5.32 Å². The van der Waals surface area contributed by atoms with E-state index < -0.39 is 12.1 Å². The first kappa shape index (κ1) is 16.7. The van der Waals surface area contributed by atoms with Crippen molar-refractivity contribution in [3.8, 4) is 0 Å². The van der Waals surface area contributed by atoms with E-state index in [-0.39, 0.29) is 5.91 Å². The molecule has 0 aliphatic rings. The second-order valence-electron chi connectivity index (χ2n) is 5.92. The molecule has 1 amide bonds. The van der Waals surface area contributed by atoms with E-state index >= 15 is 0 Å². The predicted molar refractivity (Wildman–Crippen MR) is 95.5 cm³/mol. The standard InChI is InChI=1S/C19H19N3O3/c1-11-5-4-6-15(12(11)2)22-18(23)13(3)25-19(24)14-7-8-16-17(9-14)21-10-20-16/h4-10,13H,1-3H3,(H,20,21)(H,22,23). The Morgan fingerprint density at radius 3 is 2.80 bits per heavy atom. The molecule has 0 aliphatic heterocycles. The van der Waals surface area contributed by atoms with Gasteiger partial charge in [0, 0.05) is 5.69 Å². The molecule has 0 bridgehead atoms. The number of hydrogen-bond acceptors (Lipinski definition) is 4. The van der Waals surface area contributed by atoms with E-state index in [9.17, 15) is 9.59 Å². The van der Waals surface area contributed by atoms with Crippen LogP contribution in [-0.4, -0.2) is 27.9 Å². The normalized spacial score (nSPS) is 12.0. The topological polar surface area (TPSA) is 84.1 Å². The van der Waals surface area contributed by atoms with Crippen molar-refractivity contribution in [2.24, 2.45) is 0 Å².